The van der Waals surface area contributed by atoms with E-state index in [0.717, 1.165) is 10.6 Å². The van der Waals surface area contributed by atoms with Gasteiger partial charge in [0.15, 0.2) is 0 Å². The first-order valence-corrected chi connectivity index (χ1v) is 6.05. The fraction of sp³-hybridized carbons (Fsp3) is 0.357. The smallest absolute Gasteiger partial charge is 0.250 e. The monoisotopic (exact) mass is 273 g/mol. The van der Waals surface area contributed by atoms with Crippen molar-refractivity contribution < 1.29 is 14.3 Å². The quantitative estimate of drug-likeness (QED) is 0.520. The first kappa shape index (κ1) is 15.5. The van der Waals surface area contributed by atoms with Crippen LogP contribution in [0.1, 0.15) is 0 Å². The maximum absolute atomic E-state index is 11.6. The number of hydrogen-bond acceptors (Lipinski definition) is 5. The average Bonchev–Trinajstić information content (AvgIpc) is 2.47. The van der Waals surface area contributed by atoms with Gasteiger partial charge in [0.05, 0.1) is 18.7 Å². The minimum atomic E-state index is -0.382. The summed E-state index contributed by atoms with van der Waals surface area (Å²) in [5.74, 6) is 0.353. The van der Waals surface area contributed by atoms with Crippen molar-refractivity contribution in [3.05, 3.63) is 30.3 Å². The van der Waals surface area contributed by atoms with Crippen molar-refractivity contribution in [1.82, 2.24) is 4.90 Å². The highest BCUT2D eigenvalue weighted by atomic mass is 16.5. The van der Waals surface area contributed by atoms with Crippen molar-refractivity contribution >= 4 is 5.91 Å². The zero-order chi connectivity index (χ0) is 14.6. The van der Waals surface area contributed by atoms with E-state index in [-0.39, 0.29) is 32.2 Å². The summed E-state index contributed by atoms with van der Waals surface area (Å²) in [7, 11) is 0. The highest BCUT2D eigenvalue weighted by Crippen LogP contribution is 2.07. The Bertz CT molecular complexity index is 475. The number of carbonyl (C=O) groups is 1. The number of nitriles is 2. The van der Waals surface area contributed by atoms with Gasteiger partial charge in [0.2, 0.25) is 5.91 Å². The van der Waals surface area contributed by atoms with Gasteiger partial charge in [-0.3, -0.25) is 4.79 Å². The van der Waals surface area contributed by atoms with Crippen molar-refractivity contribution in [2.24, 2.45) is 0 Å². The number of benzene rings is 1. The van der Waals surface area contributed by atoms with Crippen LogP contribution >= 0.6 is 0 Å². The third-order valence-corrected chi connectivity index (χ3v) is 2.34. The van der Waals surface area contributed by atoms with Gasteiger partial charge in [0.1, 0.15) is 32.1 Å². The molecule has 0 aliphatic heterocycles. The number of carbonyl (C=O) groups excluding carboxylic acids is 1. The fourth-order valence-electron chi connectivity index (χ4n) is 1.39. The highest BCUT2D eigenvalue weighted by Gasteiger charge is 2.12. The van der Waals surface area contributed by atoms with Crippen molar-refractivity contribution in [2.75, 3.05) is 32.9 Å². The van der Waals surface area contributed by atoms with Crippen LogP contribution in [0.2, 0.25) is 0 Å². The van der Waals surface area contributed by atoms with E-state index in [0.29, 0.717) is 6.61 Å². The lowest BCUT2D eigenvalue weighted by atomic mass is 10.3. The van der Waals surface area contributed by atoms with Gasteiger partial charge in [-0.2, -0.15) is 10.5 Å². The molecule has 0 fully saturated rings. The van der Waals surface area contributed by atoms with Crippen LogP contribution in [-0.2, 0) is 9.53 Å². The first-order valence-electron chi connectivity index (χ1n) is 6.05. The van der Waals surface area contributed by atoms with Crippen LogP contribution in [0.4, 0.5) is 0 Å². The normalized spacial score (nSPS) is 9.30. The van der Waals surface area contributed by atoms with E-state index in [9.17, 15) is 4.79 Å². The van der Waals surface area contributed by atoms with Crippen molar-refractivity contribution in [3.63, 3.8) is 0 Å². The SMILES string of the molecule is N#CCN(CC#N)C(=O)COCCOc1ccccc1. The van der Waals surface area contributed by atoms with Crippen molar-refractivity contribution in [2.45, 2.75) is 0 Å². The molecule has 1 aromatic carbocycles. The fourth-order valence-corrected chi connectivity index (χ4v) is 1.39. The number of hydrogen-bond donors (Lipinski definition) is 0. The molecule has 0 spiro atoms. The molecule has 1 aromatic rings. The minimum absolute atomic E-state index is 0.115. The third-order valence-electron chi connectivity index (χ3n) is 2.34. The highest BCUT2D eigenvalue weighted by molar-refractivity contribution is 5.77. The molecule has 0 radical (unpaired) electrons. The minimum Gasteiger partial charge on any atom is -0.491 e. The lowest BCUT2D eigenvalue weighted by molar-refractivity contribution is -0.135. The Labute approximate surface area is 117 Å². The van der Waals surface area contributed by atoms with Gasteiger partial charge in [0, 0.05) is 0 Å². The standard InChI is InChI=1S/C14H15N3O3/c15-6-8-17(9-7-16)14(18)12-19-10-11-20-13-4-2-1-3-5-13/h1-5H,8-12H2. The van der Waals surface area contributed by atoms with Crippen LogP contribution in [0.3, 0.4) is 0 Å². The summed E-state index contributed by atoms with van der Waals surface area (Å²) in [4.78, 5) is 12.8. The van der Waals surface area contributed by atoms with E-state index in [1.54, 1.807) is 0 Å². The number of amides is 1. The molecule has 1 rings (SSSR count). The van der Waals surface area contributed by atoms with E-state index < -0.39 is 0 Å². The summed E-state index contributed by atoms with van der Waals surface area (Å²) < 4.78 is 10.5. The molecule has 104 valence electrons. The molecule has 0 unspecified atom stereocenters. The molecule has 0 saturated carbocycles. The van der Waals surface area contributed by atoms with Crippen LogP contribution in [0, 0.1) is 22.7 Å². The first-order chi connectivity index (χ1) is 9.77. The molecule has 0 saturated heterocycles. The van der Waals surface area contributed by atoms with E-state index in [1.807, 2.05) is 42.5 Å². The molecule has 0 aromatic heterocycles. The molecule has 0 atom stereocenters. The summed E-state index contributed by atoms with van der Waals surface area (Å²) >= 11 is 0. The molecule has 6 nitrogen and oxygen atoms in total. The summed E-state index contributed by atoms with van der Waals surface area (Å²) in [5, 5.41) is 17.1. The second-order valence-electron chi connectivity index (χ2n) is 3.78. The van der Waals surface area contributed by atoms with Gasteiger partial charge >= 0.3 is 0 Å². The van der Waals surface area contributed by atoms with Crippen LogP contribution in [0.15, 0.2) is 30.3 Å². The third kappa shape index (κ3) is 5.85. The molecule has 0 heterocycles. The Morgan fingerprint density at radius 1 is 1.10 bits per heavy atom. The van der Waals surface area contributed by atoms with Crippen molar-refractivity contribution in [1.29, 1.82) is 10.5 Å². The molecule has 1 amide bonds. The predicted molar refractivity (Wildman–Crippen MR) is 70.6 cm³/mol. The van der Waals surface area contributed by atoms with Gasteiger partial charge in [-0.1, -0.05) is 18.2 Å². The number of ether oxygens (including phenoxy) is 2. The summed E-state index contributed by atoms with van der Waals surface area (Å²) in [6.45, 7) is 0.190. The topological polar surface area (TPSA) is 86.4 Å². The Morgan fingerprint density at radius 3 is 2.35 bits per heavy atom. The predicted octanol–water partition coefficient (Wildman–Crippen LogP) is 0.958. The van der Waals surface area contributed by atoms with Crippen LogP contribution in [-0.4, -0.2) is 43.7 Å². The molecular formula is C14H15N3O3. The molecule has 0 bridgehead atoms. The zero-order valence-corrected chi connectivity index (χ0v) is 11.0. The molecule has 20 heavy (non-hydrogen) atoms. The number of rotatable bonds is 8. The Morgan fingerprint density at radius 2 is 1.75 bits per heavy atom. The van der Waals surface area contributed by atoms with E-state index in [4.69, 9.17) is 20.0 Å². The molecule has 0 N–H and O–H groups in total. The Balaban J connectivity index is 2.18. The Kier molecular flexibility index (Phi) is 7.26. The number of para-hydroxylation sites is 1. The molecule has 0 aliphatic carbocycles. The maximum Gasteiger partial charge on any atom is 0.250 e. The van der Waals surface area contributed by atoms with Crippen LogP contribution < -0.4 is 4.74 Å². The maximum atomic E-state index is 11.6. The van der Waals surface area contributed by atoms with Gasteiger partial charge in [-0.15, -0.1) is 0 Å². The van der Waals surface area contributed by atoms with Gasteiger partial charge < -0.3 is 14.4 Å². The van der Waals surface area contributed by atoms with Gasteiger partial charge in [0.25, 0.3) is 0 Å². The van der Waals surface area contributed by atoms with Crippen molar-refractivity contribution in [3.8, 4) is 17.9 Å². The van der Waals surface area contributed by atoms with Crippen LogP contribution in [0.25, 0.3) is 0 Å². The molecule has 6 heteroatoms. The summed E-state index contributed by atoms with van der Waals surface area (Å²) in [6.07, 6.45) is 0. The second-order valence-corrected chi connectivity index (χ2v) is 3.78. The van der Waals surface area contributed by atoms with Gasteiger partial charge in [-0.05, 0) is 12.1 Å². The summed E-state index contributed by atoms with van der Waals surface area (Å²) in [6, 6.07) is 12.9. The zero-order valence-electron chi connectivity index (χ0n) is 11.0. The molecule has 0 aliphatic rings. The van der Waals surface area contributed by atoms with Crippen LogP contribution in [0.5, 0.6) is 5.75 Å². The second kappa shape index (κ2) is 9.37. The van der Waals surface area contributed by atoms with E-state index in [1.165, 1.54) is 0 Å². The lowest BCUT2D eigenvalue weighted by Crippen LogP contribution is -2.35. The summed E-state index contributed by atoms with van der Waals surface area (Å²) in [5.41, 5.74) is 0. The molecular weight excluding hydrogens is 258 g/mol. The van der Waals surface area contributed by atoms with E-state index in [2.05, 4.69) is 0 Å². The largest absolute Gasteiger partial charge is 0.491 e. The number of nitrogens with zero attached hydrogens (tertiary/aromatic N) is 3. The van der Waals surface area contributed by atoms with E-state index >= 15 is 0 Å². The lowest BCUT2D eigenvalue weighted by Gasteiger charge is -2.15. The Hall–Kier alpha value is -2.57. The average molecular weight is 273 g/mol. The van der Waals surface area contributed by atoms with Gasteiger partial charge in [-0.25, -0.2) is 0 Å².